The molecule has 7 N–H and O–H groups in total. The van der Waals surface area contributed by atoms with Crippen molar-refractivity contribution in [2.75, 3.05) is 13.2 Å². The average Bonchev–Trinajstić information content (AvgIpc) is 3.00. The van der Waals surface area contributed by atoms with Gasteiger partial charge in [-0.15, -0.1) is 0 Å². The maximum atomic E-state index is 14.4. The van der Waals surface area contributed by atoms with Crippen LogP contribution >= 0.6 is 0 Å². The minimum Gasteiger partial charge on any atom is -0.432 e. The minimum absolute atomic E-state index is 0.00930. The fraction of sp³-hybridized carbons (Fsp3) is 0.917. The summed E-state index contributed by atoms with van der Waals surface area (Å²) in [6.07, 6.45) is -0.357. The first kappa shape index (κ1) is 34.7. The molecule has 6 aliphatic rings. The van der Waals surface area contributed by atoms with Crippen molar-refractivity contribution in [3.63, 3.8) is 0 Å². The van der Waals surface area contributed by atoms with E-state index in [1.165, 1.54) is 5.57 Å². The van der Waals surface area contributed by atoms with Crippen LogP contribution in [0.25, 0.3) is 0 Å². The standard InChI is InChI=1S/C36H58O10/c1-31(2)11-13-36(30(44)46-29-27(42)26(41)25(40)22(17-37)45-29)14-12-34(5)19(20(36)15-31)7-8-24-32(3)16-21(39)28(43)33(4,18-38)23(32)9-10-35(24,34)6/h7,20-29,37-43H,8-18H2,1-6H3/t20-,21?,22+,23+,24+,25+,26-,27+,28?,29-,32-,33+,34+,35+,36-/m0/s1. The molecular formula is C36H58O10. The van der Waals surface area contributed by atoms with Crippen LogP contribution in [0.5, 0.6) is 0 Å². The van der Waals surface area contributed by atoms with E-state index in [4.69, 9.17) is 9.47 Å². The van der Waals surface area contributed by atoms with Gasteiger partial charge >= 0.3 is 5.97 Å². The van der Waals surface area contributed by atoms with Crippen LogP contribution in [-0.4, -0.2) is 97.8 Å². The number of ether oxygens (including phenoxy) is 2. The van der Waals surface area contributed by atoms with Crippen molar-refractivity contribution in [2.45, 2.75) is 142 Å². The van der Waals surface area contributed by atoms with Crippen molar-refractivity contribution in [2.24, 2.45) is 50.2 Å². The van der Waals surface area contributed by atoms with E-state index in [1.807, 2.05) is 6.92 Å². The Kier molecular flexibility index (Phi) is 8.46. The number of rotatable bonds is 4. The number of aliphatic hydroxyl groups is 7. The third-order valence-electron chi connectivity index (χ3n) is 15.2. The maximum Gasteiger partial charge on any atom is 0.315 e. The van der Waals surface area contributed by atoms with Crippen LogP contribution < -0.4 is 0 Å². The average molecular weight is 651 g/mol. The smallest absolute Gasteiger partial charge is 0.315 e. The quantitative estimate of drug-likeness (QED) is 0.177. The highest BCUT2D eigenvalue weighted by Crippen LogP contribution is 2.75. The van der Waals surface area contributed by atoms with Gasteiger partial charge in [0.2, 0.25) is 6.29 Å². The number of carbonyl (C=O) groups is 1. The van der Waals surface area contributed by atoms with Gasteiger partial charge in [0.25, 0.3) is 0 Å². The van der Waals surface area contributed by atoms with Gasteiger partial charge in [0.15, 0.2) is 0 Å². The molecule has 0 bridgehead atoms. The first-order chi connectivity index (χ1) is 21.3. The molecule has 4 saturated carbocycles. The highest BCUT2D eigenvalue weighted by atomic mass is 16.7. The van der Waals surface area contributed by atoms with Crippen LogP contribution in [0.15, 0.2) is 11.6 Å². The Balaban J connectivity index is 1.36. The van der Waals surface area contributed by atoms with Crippen molar-refractivity contribution < 1.29 is 50.0 Å². The molecule has 0 aromatic rings. The Hall–Kier alpha value is -1.11. The van der Waals surface area contributed by atoms with Crippen molar-refractivity contribution in [1.29, 1.82) is 0 Å². The molecule has 15 atom stereocenters. The van der Waals surface area contributed by atoms with E-state index in [2.05, 4.69) is 40.7 Å². The predicted molar refractivity (Wildman–Crippen MR) is 168 cm³/mol. The van der Waals surface area contributed by atoms with E-state index in [9.17, 15) is 40.5 Å². The topological polar surface area (TPSA) is 177 Å². The van der Waals surface area contributed by atoms with Crippen LogP contribution in [0.3, 0.4) is 0 Å². The second-order valence-electron chi connectivity index (χ2n) is 17.9. The molecule has 1 aliphatic heterocycles. The van der Waals surface area contributed by atoms with Crippen molar-refractivity contribution >= 4 is 5.97 Å². The number of allylic oxidation sites excluding steroid dienone is 2. The summed E-state index contributed by atoms with van der Waals surface area (Å²) < 4.78 is 11.5. The summed E-state index contributed by atoms with van der Waals surface area (Å²) in [6, 6.07) is 0. The van der Waals surface area contributed by atoms with Gasteiger partial charge in [-0.1, -0.05) is 53.2 Å². The SMILES string of the molecule is CC1(C)CC[C@]2(C(=O)O[C@@H]3O[C@H](CO)[C@@H](O)[C@H](O)[C@H]3O)CC[C@]3(C)C(=CC[C@@H]4[C@@]5(C)CC(O)C(O)[C@](C)(CO)[C@@H]5CC[C@]43C)[C@@H]2C1. The number of aliphatic hydroxyl groups excluding tert-OH is 7. The first-order valence-electron chi connectivity index (χ1n) is 17.5. The van der Waals surface area contributed by atoms with Gasteiger partial charge in [0.1, 0.15) is 24.4 Å². The number of hydrogen-bond donors (Lipinski definition) is 7. The summed E-state index contributed by atoms with van der Waals surface area (Å²) in [5, 5.41) is 73.8. The lowest BCUT2D eigenvalue weighted by Crippen LogP contribution is -2.68. The highest BCUT2D eigenvalue weighted by Gasteiger charge is 2.71. The van der Waals surface area contributed by atoms with Gasteiger partial charge < -0.3 is 45.2 Å². The Bertz CT molecular complexity index is 1240. The molecule has 0 aromatic heterocycles. The third kappa shape index (κ3) is 4.60. The predicted octanol–water partition coefficient (Wildman–Crippen LogP) is 2.44. The normalized spacial score (nSPS) is 54.8. The van der Waals surface area contributed by atoms with E-state index in [1.54, 1.807) is 0 Å². The van der Waals surface area contributed by atoms with Crippen LogP contribution in [0.1, 0.15) is 99.3 Å². The number of fused-ring (bicyclic) bond motifs is 7. The van der Waals surface area contributed by atoms with Crippen LogP contribution in [-0.2, 0) is 14.3 Å². The maximum absolute atomic E-state index is 14.4. The monoisotopic (exact) mass is 650 g/mol. The van der Waals surface area contributed by atoms with Crippen molar-refractivity contribution in [3.05, 3.63) is 11.6 Å². The molecular weight excluding hydrogens is 592 g/mol. The van der Waals surface area contributed by atoms with Gasteiger partial charge in [-0.3, -0.25) is 4.79 Å². The van der Waals surface area contributed by atoms with Gasteiger partial charge in [0.05, 0.1) is 30.8 Å². The molecule has 5 fully saturated rings. The molecule has 0 radical (unpaired) electrons. The highest BCUT2D eigenvalue weighted by molar-refractivity contribution is 5.79. The lowest BCUT2D eigenvalue weighted by Gasteiger charge is -2.71. The summed E-state index contributed by atoms with van der Waals surface area (Å²) in [5.41, 5.74) is -1.02. The van der Waals surface area contributed by atoms with Crippen LogP contribution in [0.4, 0.5) is 0 Å². The summed E-state index contributed by atoms with van der Waals surface area (Å²) >= 11 is 0. The number of esters is 1. The van der Waals surface area contributed by atoms with E-state index in [0.717, 1.165) is 38.5 Å². The molecule has 1 saturated heterocycles. The Morgan fingerprint density at radius 3 is 2.20 bits per heavy atom. The molecule has 10 heteroatoms. The molecule has 0 amide bonds. The fourth-order valence-corrected chi connectivity index (χ4v) is 12.1. The van der Waals surface area contributed by atoms with Crippen molar-refractivity contribution in [3.8, 4) is 0 Å². The van der Waals surface area contributed by atoms with E-state index in [0.29, 0.717) is 19.3 Å². The zero-order valence-electron chi connectivity index (χ0n) is 28.5. The molecule has 46 heavy (non-hydrogen) atoms. The molecule has 2 unspecified atom stereocenters. The molecule has 0 aromatic carbocycles. The Labute approximate surface area is 273 Å². The van der Waals surface area contributed by atoms with Gasteiger partial charge in [0, 0.05) is 5.41 Å². The van der Waals surface area contributed by atoms with Gasteiger partial charge in [-0.25, -0.2) is 0 Å². The minimum atomic E-state index is -1.65. The molecule has 1 heterocycles. The third-order valence-corrected chi connectivity index (χ3v) is 15.2. The first-order valence-corrected chi connectivity index (χ1v) is 17.5. The van der Waals surface area contributed by atoms with Gasteiger partial charge in [-0.05, 0) is 97.2 Å². The summed E-state index contributed by atoms with van der Waals surface area (Å²) in [5.74, 6) is -0.293. The molecule has 262 valence electrons. The second-order valence-corrected chi connectivity index (χ2v) is 17.9. The van der Waals surface area contributed by atoms with Crippen LogP contribution in [0, 0.1) is 50.2 Å². The largest absolute Gasteiger partial charge is 0.432 e. The summed E-state index contributed by atoms with van der Waals surface area (Å²) in [6.45, 7) is 12.7. The molecule has 10 nitrogen and oxygen atoms in total. The Morgan fingerprint density at radius 1 is 0.870 bits per heavy atom. The zero-order chi connectivity index (χ0) is 33.8. The van der Waals surface area contributed by atoms with Crippen molar-refractivity contribution in [1.82, 2.24) is 0 Å². The van der Waals surface area contributed by atoms with E-state index >= 15 is 0 Å². The second kappa shape index (κ2) is 11.2. The van der Waals surface area contributed by atoms with Crippen LogP contribution in [0.2, 0.25) is 0 Å². The summed E-state index contributed by atoms with van der Waals surface area (Å²) in [4.78, 5) is 14.4. The zero-order valence-corrected chi connectivity index (χ0v) is 28.5. The molecule has 6 rings (SSSR count). The van der Waals surface area contributed by atoms with E-state index in [-0.39, 0.29) is 46.0 Å². The molecule has 0 spiro atoms. The van der Waals surface area contributed by atoms with Gasteiger partial charge in [-0.2, -0.15) is 0 Å². The fourth-order valence-electron chi connectivity index (χ4n) is 12.1. The number of hydrogen-bond acceptors (Lipinski definition) is 10. The number of carbonyl (C=O) groups excluding carboxylic acids is 1. The summed E-state index contributed by atoms with van der Waals surface area (Å²) in [7, 11) is 0. The lowest BCUT2D eigenvalue weighted by atomic mass is 9.33. The lowest BCUT2D eigenvalue weighted by molar-refractivity contribution is -0.297. The van der Waals surface area contributed by atoms with E-state index < -0.39 is 66.3 Å². The Morgan fingerprint density at radius 2 is 1.54 bits per heavy atom. The molecule has 5 aliphatic carbocycles.